The summed E-state index contributed by atoms with van der Waals surface area (Å²) in [5.41, 5.74) is 0. The van der Waals surface area contributed by atoms with E-state index in [0.717, 1.165) is 6.54 Å². The van der Waals surface area contributed by atoms with Crippen LogP contribution < -0.4 is 3.30 Å². The summed E-state index contributed by atoms with van der Waals surface area (Å²) in [6, 6.07) is 0. The summed E-state index contributed by atoms with van der Waals surface area (Å²) in [5, 5.41) is 0. The Balaban J connectivity index is 3.73. The van der Waals surface area contributed by atoms with Crippen LogP contribution in [0.5, 0.6) is 0 Å². The van der Waals surface area contributed by atoms with Crippen LogP contribution >= 0.6 is 0 Å². The number of rotatable bonds is 2. The van der Waals surface area contributed by atoms with Crippen LogP contribution in [0.2, 0.25) is 18.7 Å². The molecule has 0 aromatic rings. The first-order valence-electron chi connectivity index (χ1n) is 3.31. The molecule has 0 heterocycles. The van der Waals surface area contributed by atoms with Crippen molar-refractivity contribution in [1.29, 1.82) is 0 Å². The van der Waals surface area contributed by atoms with Gasteiger partial charge in [-0.05, 0) is 0 Å². The van der Waals surface area contributed by atoms with Gasteiger partial charge in [-0.15, -0.1) is 0 Å². The van der Waals surface area contributed by atoms with Gasteiger partial charge < -0.3 is 0 Å². The van der Waals surface area contributed by atoms with Gasteiger partial charge in [0.2, 0.25) is 0 Å². The predicted octanol–water partition coefficient (Wildman–Crippen LogP) is 2.39. The van der Waals surface area contributed by atoms with Crippen LogP contribution in [-0.2, 0) is 18.8 Å². The minimum absolute atomic E-state index is 1.13. The van der Waals surface area contributed by atoms with Crippen LogP contribution in [0.15, 0.2) is 0 Å². The summed E-state index contributed by atoms with van der Waals surface area (Å²) < 4.78 is 13.2. The van der Waals surface area contributed by atoms with Gasteiger partial charge in [-0.3, -0.25) is 0 Å². The zero-order valence-corrected chi connectivity index (χ0v) is 10.3. The molecule has 0 rings (SSSR count). The van der Waals surface area contributed by atoms with E-state index < -0.39 is 18.8 Å². The Labute approximate surface area is 54.4 Å². The Bertz CT molecular complexity index is 71.0. The van der Waals surface area contributed by atoms with E-state index in [2.05, 4.69) is 28.9 Å². The second kappa shape index (κ2) is 2.22. The molecular formula is C6H18HfN. The molecule has 0 radical (unpaired) electrons. The van der Waals surface area contributed by atoms with Crippen molar-refractivity contribution in [3.8, 4) is 0 Å². The van der Waals surface area contributed by atoms with Crippen LogP contribution in [0.1, 0.15) is 6.92 Å². The van der Waals surface area contributed by atoms with E-state index in [1.165, 1.54) is 0 Å². The first kappa shape index (κ1) is 8.83. The van der Waals surface area contributed by atoms with Crippen LogP contribution in [0.3, 0.4) is 0 Å². The Morgan fingerprint density at radius 1 is 1.12 bits per heavy atom. The van der Waals surface area contributed by atoms with Crippen LogP contribution in [0, 0.1) is 0 Å². The van der Waals surface area contributed by atoms with Gasteiger partial charge in [0.05, 0.1) is 0 Å². The molecule has 1 N–H and O–H groups in total. The van der Waals surface area contributed by atoms with Crippen molar-refractivity contribution in [2.75, 3.05) is 6.54 Å². The predicted molar refractivity (Wildman–Crippen MR) is 37.1 cm³/mol. The number of hydrogen-bond donors (Lipinski definition) is 1. The Morgan fingerprint density at radius 3 is 1.50 bits per heavy atom. The summed E-state index contributed by atoms with van der Waals surface area (Å²) in [4.78, 5) is 0. The number of hydrogen-bond acceptors (Lipinski definition) is 1. The van der Waals surface area contributed by atoms with E-state index in [9.17, 15) is 0 Å². The van der Waals surface area contributed by atoms with Crippen molar-refractivity contribution in [3.63, 3.8) is 0 Å². The molecule has 0 aliphatic heterocycles. The summed E-state index contributed by atoms with van der Waals surface area (Å²) in [5.74, 6) is 0. The van der Waals surface area contributed by atoms with Crippen LogP contribution in [0.25, 0.3) is 0 Å². The molecule has 0 aliphatic carbocycles. The van der Waals surface area contributed by atoms with Crippen molar-refractivity contribution in [1.82, 2.24) is 3.30 Å². The zero-order valence-electron chi connectivity index (χ0n) is 6.71. The quantitative estimate of drug-likeness (QED) is 0.767. The third-order valence-corrected chi connectivity index (χ3v) is 7.23. The molecule has 0 saturated heterocycles. The fourth-order valence-electron chi connectivity index (χ4n) is 0.707. The van der Waals surface area contributed by atoms with E-state index in [0.29, 0.717) is 0 Å². The van der Waals surface area contributed by atoms with Gasteiger partial charge in [0.15, 0.2) is 0 Å². The second-order valence-electron chi connectivity index (χ2n) is 4.53. The zero-order chi connectivity index (χ0) is 6.86. The average molecular weight is 283 g/mol. The normalized spacial score (nSPS) is 17.4. The third-order valence-electron chi connectivity index (χ3n) is 0.884. The van der Waals surface area contributed by atoms with Crippen LogP contribution in [0.4, 0.5) is 0 Å². The summed E-state index contributed by atoms with van der Waals surface area (Å²) in [6.07, 6.45) is 0. The Kier molecular flexibility index (Phi) is 2.45. The minimum atomic E-state index is -2.22. The monoisotopic (exact) mass is 284 g/mol. The maximum atomic E-state index is 3.58. The molecule has 2 heteroatoms. The van der Waals surface area contributed by atoms with Crippen molar-refractivity contribution < 1.29 is 18.8 Å². The molecule has 0 fully saturated rings. The third kappa shape index (κ3) is 6.83. The van der Waals surface area contributed by atoms with Crippen LogP contribution in [-0.4, -0.2) is 6.54 Å². The molecule has 0 bridgehead atoms. The SMILES string of the molecule is CC[NH][Hf]([CH3])([CH3])([CH3])[CH3]. The maximum absolute atomic E-state index is 3.58. The van der Waals surface area contributed by atoms with Gasteiger partial charge in [0.25, 0.3) is 0 Å². The summed E-state index contributed by atoms with van der Waals surface area (Å²) in [7, 11) is 0. The van der Waals surface area contributed by atoms with Gasteiger partial charge in [-0.25, -0.2) is 0 Å². The van der Waals surface area contributed by atoms with Crippen molar-refractivity contribution >= 4 is 0 Å². The van der Waals surface area contributed by atoms with Crippen molar-refractivity contribution in [2.45, 2.75) is 25.6 Å². The molecule has 0 aromatic carbocycles. The Hall–Kier alpha value is 0.830. The van der Waals surface area contributed by atoms with E-state index in [4.69, 9.17) is 0 Å². The molecule has 0 unspecified atom stereocenters. The molecule has 0 spiro atoms. The standard InChI is InChI=1S/C2H6N.4CH3.Hf/c1-2-3;;;;;/h3H,2H2,1H3;4*1H3;/q-1;;;;;+1. The molecule has 0 aliphatic rings. The average Bonchev–Trinajstić information content (AvgIpc) is 1.25. The van der Waals surface area contributed by atoms with E-state index in [1.807, 2.05) is 0 Å². The van der Waals surface area contributed by atoms with Gasteiger partial charge in [-0.2, -0.15) is 0 Å². The fourth-order valence-corrected chi connectivity index (χ4v) is 5.79. The van der Waals surface area contributed by atoms with E-state index >= 15 is 0 Å². The molecule has 51 valence electrons. The van der Waals surface area contributed by atoms with Gasteiger partial charge in [0, 0.05) is 0 Å². The van der Waals surface area contributed by atoms with E-state index in [-0.39, 0.29) is 0 Å². The van der Waals surface area contributed by atoms with E-state index in [1.54, 1.807) is 0 Å². The van der Waals surface area contributed by atoms with Crippen molar-refractivity contribution in [2.24, 2.45) is 0 Å². The van der Waals surface area contributed by atoms with Gasteiger partial charge in [0.1, 0.15) is 0 Å². The first-order valence-corrected chi connectivity index (χ1v) is 19.5. The second-order valence-corrected chi connectivity index (χ2v) is 34.5. The molecule has 8 heavy (non-hydrogen) atoms. The first-order chi connectivity index (χ1) is 3.31. The topological polar surface area (TPSA) is 12.0 Å². The molecule has 0 aromatic heterocycles. The van der Waals surface area contributed by atoms with Gasteiger partial charge in [-0.1, -0.05) is 0 Å². The summed E-state index contributed by atoms with van der Waals surface area (Å²) >= 11 is -2.22. The fraction of sp³-hybridized carbons (Fsp3) is 1.00. The molecule has 0 amide bonds. The molecule has 0 saturated carbocycles. The van der Waals surface area contributed by atoms with Gasteiger partial charge >= 0.3 is 54.3 Å². The molecule has 0 atom stereocenters. The van der Waals surface area contributed by atoms with Crippen molar-refractivity contribution in [3.05, 3.63) is 0 Å². The summed E-state index contributed by atoms with van der Waals surface area (Å²) in [6.45, 7) is 3.31. The molecular weight excluding hydrogens is 265 g/mol. The Morgan fingerprint density at radius 2 is 1.50 bits per heavy atom. The number of nitrogens with one attached hydrogen (secondary N) is 1. The molecule has 1 nitrogen and oxygen atoms in total.